The Hall–Kier alpha value is -2.63. The van der Waals surface area contributed by atoms with E-state index in [2.05, 4.69) is 21.9 Å². The third-order valence-electron chi connectivity index (χ3n) is 3.68. The molecule has 1 N–H and O–H groups in total. The van der Waals surface area contributed by atoms with Crippen molar-refractivity contribution in [1.29, 1.82) is 0 Å². The van der Waals surface area contributed by atoms with E-state index in [-0.39, 0.29) is 5.69 Å². The van der Waals surface area contributed by atoms with Crippen molar-refractivity contribution in [3.8, 4) is 6.01 Å². The average Bonchev–Trinajstić information content (AvgIpc) is 2.85. The van der Waals surface area contributed by atoms with E-state index in [0.717, 1.165) is 18.4 Å². The summed E-state index contributed by atoms with van der Waals surface area (Å²) in [6.07, 6.45) is 3.59. The van der Waals surface area contributed by atoms with E-state index >= 15 is 0 Å². The molecule has 0 radical (unpaired) electrons. The first-order chi connectivity index (χ1) is 11.2. The first-order valence-corrected chi connectivity index (χ1v) is 7.81. The van der Waals surface area contributed by atoms with Crippen LogP contribution in [0.2, 0.25) is 0 Å². The summed E-state index contributed by atoms with van der Waals surface area (Å²) in [5.74, 6) is 0. The Morgan fingerprint density at radius 1 is 1.26 bits per heavy atom. The van der Waals surface area contributed by atoms with Crippen molar-refractivity contribution >= 4 is 11.2 Å². The van der Waals surface area contributed by atoms with Crippen LogP contribution in [-0.4, -0.2) is 26.1 Å². The summed E-state index contributed by atoms with van der Waals surface area (Å²) in [6, 6.07) is 8.40. The van der Waals surface area contributed by atoms with Gasteiger partial charge in [0.15, 0.2) is 5.65 Å². The summed E-state index contributed by atoms with van der Waals surface area (Å²) in [7, 11) is 0. The summed E-state index contributed by atoms with van der Waals surface area (Å²) in [5, 5.41) is 0. The molecule has 120 valence electrons. The molecule has 0 saturated carbocycles. The normalized spacial score (nSPS) is 11.0. The van der Waals surface area contributed by atoms with Gasteiger partial charge in [-0.2, -0.15) is 4.98 Å². The second kappa shape index (κ2) is 6.64. The van der Waals surface area contributed by atoms with Crippen LogP contribution < -0.4 is 10.4 Å². The van der Waals surface area contributed by atoms with E-state index in [4.69, 9.17) is 4.74 Å². The van der Waals surface area contributed by atoms with E-state index in [1.165, 1.54) is 5.56 Å². The molecule has 1 aromatic carbocycles. The van der Waals surface area contributed by atoms with Crippen LogP contribution in [-0.2, 0) is 6.54 Å². The summed E-state index contributed by atoms with van der Waals surface area (Å²) in [4.78, 5) is 23.5. The lowest BCUT2D eigenvalue weighted by Gasteiger charge is -2.05. The maximum Gasteiger partial charge on any atom is 0.328 e. The minimum absolute atomic E-state index is 0.194. The van der Waals surface area contributed by atoms with Crippen LogP contribution in [0.5, 0.6) is 6.01 Å². The Labute approximate surface area is 134 Å². The number of imidazole rings is 1. The predicted molar refractivity (Wildman–Crippen MR) is 88.8 cm³/mol. The fraction of sp³-hybridized carbons (Fsp3) is 0.353. The lowest BCUT2D eigenvalue weighted by molar-refractivity contribution is 0.286. The molecule has 6 heteroatoms. The molecule has 0 fully saturated rings. The number of nitrogens with one attached hydrogen (secondary N) is 1. The van der Waals surface area contributed by atoms with Gasteiger partial charge in [-0.15, -0.1) is 0 Å². The van der Waals surface area contributed by atoms with Crippen molar-refractivity contribution in [2.45, 2.75) is 33.2 Å². The van der Waals surface area contributed by atoms with Crippen LogP contribution in [0, 0.1) is 6.92 Å². The van der Waals surface area contributed by atoms with E-state index in [9.17, 15) is 4.79 Å². The van der Waals surface area contributed by atoms with E-state index in [1.54, 1.807) is 10.8 Å². The van der Waals surface area contributed by atoms with Gasteiger partial charge >= 0.3 is 11.7 Å². The number of hydrogen-bond acceptors (Lipinski definition) is 4. The Kier molecular flexibility index (Phi) is 4.41. The van der Waals surface area contributed by atoms with Gasteiger partial charge in [-0.25, -0.2) is 9.78 Å². The standard InChI is InChI=1S/C17H20N4O2/c1-3-4-9-23-16-18-10-14-15(20-16)21(17(22)19-14)11-13-7-5-12(2)6-8-13/h5-8,10H,3-4,9,11H2,1-2H3,(H,19,22). The number of hydrogen-bond donors (Lipinski definition) is 1. The third-order valence-corrected chi connectivity index (χ3v) is 3.68. The van der Waals surface area contributed by atoms with Crippen molar-refractivity contribution in [2.75, 3.05) is 6.61 Å². The molecule has 0 spiro atoms. The number of fused-ring (bicyclic) bond motifs is 1. The molecule has 3 aromatic rings. The van der Waals surface area contributed by atoms with E-state index in [1.807, 2.05) is 31.2 Å². The minimum atomic E-state index is -0.194. The quantitative estimate of drug-likeness (QED) is 0.710. The van der Waals surface area contributed by atoms with Crippen LogP contribution in [0.3, 0.4) is 0 Å². The number of rotatable bonds is 6. The number of nitrogens with zero attached hydrogens (tertiary/aromatic N) is 3. The highest BCUT2D eigenvalue weighted by molar-refractivity contribution is 5.69. The molecule has 0 saturated heterocycles. The summed E-state index contributed by atoms with van der Waals surface area (Å²) in [6.45, 7) is 5.17. The van der Waals surface area contributed by atoms with Crippen LogP contribution >= 0.6 is 0 Å². The fourth-order valence-electron chi connectivity index (χ4n) is 2.33. The number of aromatic amines is 1. The van der Waals surface area contributed by atoms with E-state index in [0.29, 0.717) is 30.3 Å². The maximum absolute atomic E-state index is 12.2. The molecule has 0 aliphatic rings. The Morgan fingerprint density at radius 2 is 2.04 bits per heavy atom. The minimum Gasteiger partial charge on any atom is -0.463 e. The zero-order chi connectivity index (χ0) is 16.2. The van der Waals surface area contributed by atoms with Crippen LogP contribution in [0.15, 0.2) is 35.3 Å². The Bertz CT molecular complexity index is 849. The van der Waals surface area contributed by atoms with Crippen LogP contribution in [0.4, 0.5) is 0 Å². The second-order valence-electron chi connectivity index (χ2n) is 5.59. The molecule has 6 nitrogen and oxygen atoms in total. The van der Waals surface area contributed by atoms with Crippen LogP contribution in [0.25, 0.3) is 11.2 Å². The van der Waals surface area contributed by atoms with Gasteiger partial charge in [-0.3, -0.25) is 4.57 Å². The van der Waals surface area contributed by atoms with Crippen molar-refractivity contribution < 1.29 is 4.74 Å². The first-order valence-electron chi connectivity index (χ1n) is 7.81. The highest BCUT2D eigenvalue weighted by atomic mass is 16.5. The second-order valence-corrected chi connectivity index (χ2v) is 5.59. The molecule has 0 amide bonds. The monoisotopic (exact) mass is 312 g/mol. The highest BCUT2D eigenvalue weighted by Crippen LogP contribution is 2.13. The fourth-order valence-corrected chi connectivity index (χ4v) is 2.33. The molecule has 2 aromatic heterocycles. The van der Waals surface area contributed by atoms with Gasteiger partial charge in [-0.1, -0.05) is 43.2 Å². The van der Waals surface area contributed by atoms with Gasteiger partial charge < -0.3 is 9.72 Å². The zero-order valence-electron chi connectivity index (χ0n) is 13.4. The van der Waals surface area contributed by atoms with Crippen molar-refractivity contribution in [3.05, 3.63) is 52.1 Å². The predicted octanol–water partition coefficient (Wildman–Crippen LogP) is 2.66. The number of unbranched alkanes of at least 4 members (excludes halogenated alkanes) is 1. The van der Waals surface area contributed by atoms with E-state index < -0.39 is 0 Å². The van der Waals surface area contributed by atoms with Crippen molar-refractivity contribution in [2.24, 2.45) is 0 Å². The van der Waals surface area contributed by atoms with Gasteiger partial charge in [0.25, 0.3) is 0 Å². The lowest BCUT2D eigenvalue weighted by atomic mass is 10.1. The molecular formula is C17H20N4O2. The zero-order valence-corrected chi connectivity index (χ0v) is 13.4. The smallest absolute Gasteiger partial charge is 0.328 e. The topological polar surface area (TPSA) is 72.8 Å². The Morgan fingerprint density at radius 3 is 2.78 bits per heavy atom. The van der Waals surface area contributed by atoms with Gasteiger partial charge in [0, 0.05) is 0 Å². The van der Waals surface area contributed by atoms with Crippen molar-refractivity contribution in [3.63, 3.8) is 0 Å². The van der Waals surface area contributed by atoms with Crippen LogP contribution in [0.1, 0.15) is 30.9 Å². The molecule has 0 bridgehead atoms. The number of aromatic nitrogens is 4. The molecule has 0 aliphatic heterocycles. The lowest BCUT2D eigenvalue weighted by Crippen LogP contribution is -2.17. The molecular weight excluding hydrogens is 292 g/mol. The molecule has 3 rings (SSSR count). The summed E-state index contributed by atoms with van der Waals surface area (Å²) >= 11 is 0. The van der Waals surface area contributed by atoms with Gasteiger partial charge in [-0.05, 0) is 18.9 Å². The molecule has 23 heavy (non-hydrogen) atoms. The SMILES string of the molecule is CCCCOc1ncc2[nH]c(=O)n(Cc3ccc(C)cc3)c2n1. The number of aryl methyl sites for hydroxylation is 1. The summed E-state index contributed by atoms with van der Waals surface area (Å²) < 4.78 is 7.14. The first kappa shape index (κ1) is 15.3. The Balaban J connectivity index is 1.91. The number of H-pyrrole nitrogens is 1. The highest BCUT2D eigenvalue weighted by Gasteiger charge is 2.11. The third kappa shape index (κ3) is 3.41. The van der Waals surface area contributed by atoms with Gasteiger partial charge in [0.1, 0.15) is 5.52 Å². The largest absolute Gasteiger partial charge is 0.463 e. The molecule has 0 unspecified atom stereocenters. The summed E-state index contributed by atoms with van der Waals surface area (Å²) in [5.41, 5.74) is 3.22. The number of ether oxygens (including phenoxy) is 1. The molecule has 2 heterocycles. The maximum atomic E-state index is 12.2. The molecule has 0 aliphatic carbocycles. The van der Waals surface area contributed by atoms with Gasteiger partial charge in [0.2, 0.25) is 0 Å². The van der Waals surface area contributed by atoms with Gasteiger partial charge in [0.05, 0.1) is 19.3 Å². The molecule has 0 atom stereocenters. The van der Waals surface area contributed by atoms with Crippen molar-refractivity contribution in [1.82, 2.24) is 19.5 Å². The number of benzene rings is 1. The average molecular weight is 312 g/mol.